The van der Waals surface area contributed by atoms with Crippen molar-refractivity contribution in [2.75, 3.05) is 5.32 Å². The maximum absolute atomic E-state index is 5.73. The van der Waals surface area contributed by atoms with Gasteiger partial charge in [0.1, 0.15) is 5.82 Å². The van der Waals surface area contributed by atoms with Gasteiger partial charge in [0.15, 0.2) is 0 Å². The van der Waals surface area contributed by atoms with Gasteiger partial charge in [-0.25, -0.2) is 9.97 Å². The Balaban J connectivity index is 1.96. The van der Waals surface area contributed by atoms with E-state index in [4.69, 9.17) is 11.6 Å². The molecule has 2 aromatic heterocycles. The average molecular weight is 240 g/mol. The minimum absolute atomic E-state index is 0.647. The molecule has 0 aromatic carbocycles. The molecule has 1 N–H and O–H groups in total. The van der Waals surface area contributed by atoms with Crippen LogP contribution in [0, 0.1) is 6.92 Å². The van der Waals surface area contributed by atoms with E-state index in [9.17, 15) is 0 Å². The van der Waals surface area contributed by atoms with Crippen LogP contribution in [0.5, 0.6) is 0 Å². The monoisotopic (exact) mass is 239 g/mol. The summed E-state index contributed by atoms with van der Waals surface area (Å²) in [7, 11) is 0. The van der Waals surface area contributed by atoms with Crippen molar-refractivity contribution in [3.8, 4) is 0 Å². The molecule has 5 heteroatoms. The Morgan fingerprint density at radius 2 is 2.20 bits per heavy atom. The molecule has 0 amide bonds. The molecule has 2 heterocycles. The lowest BCUT2D eigenvalue weighted by Gasteiger charge is -2.02. The molecule has 0 spiro atoms. The largest absolute Gasteiger partial charge is 0.365 e. The van der Waals surface area contributed by atoms with Gasteiger partial charge in [-0.05, 0) is 19.1 Å². The van der Waals surface area contributed by atoms with Gasteiger partial charge in [-0.15, -0.1) is 11.3 Å². The highest BCUT2D eigenvalue weighted by Crippen LogP contribution is 2.14. The Labute approximate surface area is 97.2 Å². The van der Waals surface area contributed by atoms with E-state index in [0.29, 0.717) is 5.02 Å². The van der Waals surface area contributed by atoms with E-state index in [2.05, 4.69) is 15.3 Å². The number of thiazole rings is 1. The third-order valence-corrected chi connectivity index (χ3v) is 2.98. The van der Waals surface area contributed by atoms with Gasteiger partial charge >= 0.3 is 0 Å². The van der Waals surface area contributed by atoms with Gasteiger partial charge in [0.05, 0.1) is 16.6 Å². The van der Waals surface area contributed by atoms with Crippen LogP contribution in [0.25, 0.3) is 0 Å². The van der Waals surface area contributed by atoms with Crippen molar-refractivity contribution < 1.29 is 0 Å². The maximum atomic E-state index is 5.73. The number of hydrogen-bond acceptors (Lipinski definition) is 4. The molecular formula is C10H10ClN3S. The topological polar surface area (TPSA) is 37.8 Å². The Morgan fingerprint density at radius 3 is 2.80 bits per heavy atom. The Bertz CT molecular complexity index is 438. The summed E-state index contributed by atoms with van der Waals surface area (Å²) >= 11 is 7.42. The van der Waals surface area contributed by atoms with Crippen LogP contribution in [-0.4, -0.2) is 9.97 Å². The number of nitrogens with one attached hydrogen (secondary N) is 1. The molecule has 0 bridgehead atoms. The first-order valence-electron chi connectivity index (χ1n) is 4.51. The van der Waals surface area contributed by atoms with E-state index >= 15 is 0 Å². The molecule has 0 aliphatic carbocycles. The van der Waals surface area contributed by atoms with Crippen LogP contribution in [-0.2, 0) is 6.54 Å². The van der Waals surface area contributed by atoms with Crippen molar-refractivity contribution in [3.63, 3.8) is 0 Å². The predicted molar refractivity (Wildman–Crippen MR) is 63.4 cm³/mol. The fourth-order valence-electron chi connectivity index (χ4n) is 1.15. The Morgan fingerprint density at radius 1 is 1.33 bits per heavy atom. The van der Waals surface area contributed by atoms with Gasteiger partial charge in [0, 0.05) is 17.3 Å². The molecule has 0 aliphatic heterocycles. The number of anilines is 1. The molecule has 3 nitrogen and oxygen atoms in total. The predicted octanol–water partition coefficient (Wildman–Crippen LogP) is 3.11. The van der Waals surface area contributed by atoms with Gasteiger partial charge in [0.2, 0.25) is 0 Å². The molecule has 0 radical (unpaired) electrons. The number of rotatable bonds is 3. The SMILES string of the molecule is Cc1ncc(CNc2ccc(Cl)cn2)s1. The number of pyridine rings is 1. The highest BCUT2D eigenvalue weighted by Gasteiger charge is 1.98. The van der Waals surface area contributed by atoms with Crippen LogP contribution in [0.1, 0.15) is 9.88 Å². The summed E-state index contributed by atoms with van der Waals surface area (Å²) < 4.78 is 0. The van der Waals surface area contributed by atoms with Gasteiger partial charge < -0.3 is 5.32 Å². The number of aromatic nitrogens is 2. The highest BCUT2D eigenvalue weighted by molar-refractivity contribution is 7.11. The second-order valence-corrected chi connectivity index (χ2v) is 4.82. The lowest BCUT2D eigenvalue weighted by Crippen LogP contribution is -1.98. The fourth-order valence-corrected chi connectivity index (χ4v) is 1.99. The van der Waals surface area contributed by atoms with E-state index in [0.717, 1.165) is 17.4 Å². The second-order valence-electron chi connectivity index (χ2n) is 3.06. The van der Waals surface area contributed by atoms with E-state index in [1.165, 1.54) is 4.88 Å². The molecule has 2 aromatic rings. The van der Waals surface area contributed by atoms with Crippen LogP contribution in [0.15, 0.2) is 24.5 Å². The van der Waals surface area contributed by atoms with Gasteiger partial charge in [-0.2, -0.15) is 0 Å². The van der Waals surface area contributed by atoms with Crippen molar-refractivity contribution in [1.29, 1.82) is 0 Å². The van der Waals surface area contributed by atoms with Crippen molar-refractivity contribution in [1.82, 2.24) is 9.97 Å². The first-order valence-corrected chi connectivity index (χ1v) is 5.70. The van der Waals surface area contributed by atoms with Gasteiger partial charge in [0.25, 0.3) is 0 Å². The van der Waals surface area contributed by atoms with Crippen molar-refractivity contribution >= 4 is 28.8 Å². The van der Waals surface area contributed by atoms with Crippen molar-refractivity contribution in [2.24, 2.45) is 0 Å². The quantitative estimate of drug-likeness (QED) is 0.895. The third kappa shape index (κ3) is 2.91. The second kappa shape index (κ2) is 4.59. The molecule has 0 aliphatic rings. The zero-order valence-electron chi connectivity index (χ0n) is 8.20. The average Bonchev–Trinajstić information content (AvgIpc) is 2.64. The Kier molecular flexibility index (Phi) is 3.18. The third-order valence-electron chi connectivity index (χ3n) is 1.84. The number of hydrogen-bond donors (Lipinski definition) is 1. The lowest BCUT2D eigenvalue weighted by molar-refractivity contribution is 1.13. The molecule has 0 fully saturated rings. The molecule has 2 rings (SSSR count). The van der Waals surface area contributed by atoms with E-state index < -0.39 is 0 Å². The smallest absolute Gasteiger partial charge is 0.126 e. The molecule has 0 saturated carbocycles. The van der Waals surface area contributed by atoms with Crippen LogP contribution >= 0.6 is 22.9 Å². The normalized spacial score (nSPS) is 10.3. The molecule has 0 saturated heterocycles. The summed E-state index contributed by atoms with van der Waals surface area (Å²) in [5, 5.41) is 4.93. The summed E-state index contributed by atoms with van der Waals surface area (Å²) in [6, 6.07) is 3.67. The molecule has 78 valence electrons. The minimum atomic E-state index is 0.647. The summed E-state index contributed by atoms with van der Waals surface area (Å²) in [5.41, 5.74) is 0. The van der Waals surface area contributed by atoms with E-state index in [1.54, 1.807) is 17.5 Å². The van der Waals surface area contributed by atoms with Crippen LogP contribution in [0.4, 0.5) is 5.82 Å². The molecular weight excluding hydrogens is 230 g/mol. The molecule has 0 atom stereocenters. The zero-order valence-corrected chi connectivity index (χ0v) is 9.77. The fraction of sp³-hybridized carbons (Fsp3) is 0.200. The molecule has 0 unspecified atom stereocenters. The standard InChI is InChI=1S/C10H10ClN3S/c1-7-12-5-9(15-7)6-14-10-3-2-8(11)4-13-10/h2-5H,6H2,1H3,(H,13,14). The van der Waals surface area contributed by atoms with Gasteiger partial charge in [-0.1, -0.05) is 11.6 Å². The summed E-state index contributed by atoms with van der Waals surface area (Å²) in [5.74, 6) is 0.824. The summed E-state index contributed by atoms with van der Waals surface area (Å²) in [6.07, 6.45) is 3.50. The van der Waals surface area contributed by atoms with E-state index in [-0.39, 0.29) is 0 Å². The van der Waals surface area contributed by atoms with Crippen molar-refractivity contribution in [3.05, 3.63) is 39.4 Å². The zero-order chi connectivity index (χ0) is 10.7. The van der Waals surface area contributed by atoms with Crippen LogP contribution in [0.2, 0.25) is 5.02 Å². The highest BCUT2D eigenvalue weighted by atomic mass is 35.5. The number of halogens is 1. The summed E-state index contributed by atoms with van der Waals surface area (Å²) in [4.78, 5) is 9.52. The Hall–Kier alpha value is -1.13. The van der Waals surface area contributed by atoms with Crippen LogP contribution < -0.4 is 5.32 Å². The van der Waals surface area contributed by atoms with E-state index in [1.807, 2.05) is 25.3 Å². The summed E-state index contributed by atoms with van der Waals surface area (Å²) in [6.45, 7) is 2.74. The van der Waals surface area contributed by atoms with Crippen molar-refractivity contribution in [2.45, 2.75) is 13.5 Å². The van der Waals surface area contributed by atoms with Gasteiger partial charge in [-0.3, -0.25) is 0 Å². The number of aryl methyl sites for hydroxylation is 1. The lowest BCUT2D eigenvalue weighted by atomic mass is 10.4. The maximum Gasteiger partial charge on any atom is 0.126 e. The number of nitrogens with zero attached hydrogens (tertiary/aromatic N) is 2. The first-order chi connectivity index (χ1) is 7.24. The molecule has 15 heavy (non-hydrogen) atoms. The minimum Gasteiger partial charge on any atom is -0.365 e. The van der Waals surface area contributed by atoms with Crippen LogP contribution in [0.3, 0.4) is 0 Å². The first kappa shape index (κ1) is 10.4.